The van der Waals surface area contributed by atoms with E-state index in [1.54, 1.807) is 24.3 Å². The molecule has 0 heterocycles. The lowest BCUT2D eigenvalue weighted by molar-refractivity contribution is -0.126. The van der Waals surface area contributed by atoms with Crippen LogP contribution in [0.1, 0.15) is 36.0 Å². The number of hydrogen-bond acceptors (Lipinski definition) is 3. The van der Waals surface area contributed by atoms with Gasteiger partial charge in [0.15, 0.2) is 0 Å². The van der Waals surface area contributed by atoms with Gasteiger partial charge in [-0.3, -0.25) is 9.59 Å². The van der Waals surface area contributed by atoms with E-state index in [1.165, 1.54) is 0 Å². The van der Waals surface area contributed by atoms with Gasteiger partial charge < -0.3 is 16.4 Å². The van der Waals surface area contributed by atoms with Crippen molar-refractivity contribution in [2.75, 3.05) is 13.1 Å². The largest absolute Gasteiger partial charge is 0.354 e. The fourth-order valence-electron chi connectivity index (χ4n) is 2.68. The summed E-state index contributed by atoms with van der Waals surface area (Å²) in [7, 11) is 0. The quantitative estimate of drug-likeness (QED) is 0.721. The van der Waals surface area contributed by atoms with Crippen molar-refractivity contribution in [2.24, 2.45) is 11.7 Å². The predicted octanol–water partition coefficient (Wildman–Crippen LogP) is 1.70. The molecule has 2 amide bonds. The maximum atomic E-state index is 12.0. The summed E-state index contributed by atoms with van der Waals surface area (Å²) in [5.41, 5.74) is 6.44. The molecule has 1 saturated carbocycles. The molecular formula is C16H22ClN3O2. The fourth-order valence-corrected chi connectivity index (χ4v) is 2.80. The Morgan fingerprint density at radius 1 is 1.14 bits per heavy atom. The highest BCUT2D eigenvalue weighted by Gasteiger charge is 2.24. The molecular weight excluding hydrogens is 302 g/mol. The summed E-state index contributed by atoms with van der Waals surface area (Å²) in [6.45, 7) is 0.815. The smallest absolute Gasteiger partial charge is 0.251 e. The summed E-state index contributed by atoms with van der Waals surface area (Å²) in [5.74, 6) is -0.128. The van der Waals surface area contributed by atoms with Crippen molar-refractivity contribution in [1.82, 2.24) is 10.6 Å². The summed E-state index contributed by atoms with van der Waals surface area (Å²) < 4.78 is 0. The standard InChI is InChI=1S/C16H22ClN3O2/c17-13-6-4-11(5-7-13)15(21)19-8-9-20-16(22)12-2-1-3-14(18)10-12/h4-7,12,14H,1-3,8-10,18H2,(H,19,21)(H,20,22). The predicted molar refractivity (Wildman–Crippen MR) is 86.7 cm³/mol. The van der Waals surface area contributed by atoms with E-state index >= 15 is 0 Å². The van der Waals surface area contributed by atoms with E-state index in [2.05, 4.69) is 10.6 Å². The lowest BCUT2D eigenvalue weighted by Crippen LogP contribution is -2.40. The van der Waals surface area contributed by atoms with E-state index in [-0.39, 0.29) is 23.8 Å². The third kappa shape index (κ3) is 5.00. The number of rotatable bonds is 5. The van der Waals surface area contributed by atoms with Gasteiger partial charge in [0.2, 0.25) is 5.91 Å². The van der Waals surface area contributed by atoms with Gasteiger partial charge in [0.05, 0.1) is 0 Å². The Morgan fingerprint density at radius 2 is 1.82 bits per heavy atom. The van der Waals surface area contributed by atoms with Crippen molar-refractivity contribution in [3.63, 3.8) is 0 Å². The summed E-state index contributed by atoms with van der Waals surface area (Å²) in [4.78, 5) is 23.9. The van der Waals surface area contributed by atoms with Crippen molar-refractivity contribution in [2.45, 2.75) is 31.7 Å². The van der Waals surface area contributed by atoms with Gasteiger partial charge in [0, 0.05) is 35.6 Å². The topological polar surface area (TPSA) is 84.2 Å². The van der Waals surface area contributed by atoms with Gasteiger partial charge in [0.25, 0.3) is 5.91 Å². The average Bonchev–Trinajstić information content (AvgIpc) is 2.51. The summed E-state index contributed by atoms with van der Waals surface area (Å²) in [5, 5.41) is 6.21. The minimum atomic E-state index is -0.175. The lowest BCUT2D eigenvalue weighted by Gasteiger charge is -2.25. The Labute approximate surface area is 135 Å². The van der Waals surface area contributed by atoms with E-state index in [1.807, 2.05) is 0 Å². The molecule has 0 aliphatic heterocycles. The maximum Gasteiger partial charge on any atom is 0.251 e. The monoisotopic (exact) mass is 323 g/mol. The fraction of sp³-hybridized carbons (Fsp3) is 0.500. The normalized spacial score (nSPS) is 21.2. The minimum Gasteiger partial charge on any atom is -0.354 e. The first-order valence-electron chi connectivity index (χ1n) is 7.63. The van der Waals surface area contributed by atoms with Crippen LogP contribution in [0.5, 0.6) is 0 Å². The molecule has 0 radical (unpaired) electrons. The van der Waals surface area contributed by atoms with Crippen LogP contribution in [-0.4, -0.2) is 30.9 Å². The van der Waals surface area contributed by atoms with Gasteiger partial charge in [-0.05, 0) is 43.5 Å². The lowest BCUT2D eigenvalue weighted by atomic mass is 9.85. The SMILES string of the molecule is NC1CCCC(C(=O)NCCNC(=O)c2ccc(Cl)cc2)C1. The molecule has 1 aliphatic rings. The number of carbonyl (C=O) groups excluding carboxylic acids is 2. The number of nitrogens with one attached hydrogen (secondary N) is 2. The number of amides is 2. The maximum absolute atomic E-state index is 12.0. The Bertz CT molecular complexity index is 519. The average molecular weight is 324 g/mol. The van der Waals surface area contributed by atoms with Crippen LogP contribution < -0.4 is 16.4 Å². The van der Waals surface area contributed by atoms with Gasteiger partial charge in [-0.15, -0.1) is 0 Å². The molecule has 120 valence electrons. The van der Waals surface area contributed by atoms with Gasteiger partial charge in [-0.1, -0.05) is 18.0 Å². The highest BCUT2D eigenvalue weighted by Crippen LogP contribution is 2.22. The van der Waals surface area contributed by atoms with Gasteiger partial charge in [0.1, 0.15) is 0 Å². The molecule has 2 unspecified atom stereocenters. The highest BCUT2D eigenvalue weighted by molar-refractivity contribution is 6.30. The number of nitrogens with two attached hydrogens (primary N) is 1. The molecule has 22 heavy (non-hydrogen) atoms. The molecule has 0 spiro atoms. The van der Waals surface area contributed by atoms with Gasteiger partial charge >= 0.3 is 0 Å². The molecule has 1 aliphatic carbocycles. The summed E-state index contributed by atoms with van der Waals surface area (Å²) in [6, 6.07) is 6.81. The second-order valence-corrected chi connectivity index (χ2v) is 6.11. The van der Waals surface area contributed by atoms with Crippen LogP contribution in [0.3, 0.4) is 0 Å². The molecule has 0 bridgehead atoms. The van der Waals surface area contributed by atoms with Crippen LogP contribution in [0.25, 0.3) is 0 Å². The zero-order valence-electron chi connectivity index (χ0n) is 12.5. The molecule has 2 atom stereocenters. The van der Waals surface area contributed by atoms with Crippen LogP contribution in [-0.2, 0) is 4.79 Å². The molecule has 5 nitrogen and oxygen atoms in total. The molecule has 6 heteroatoms. The minimum absolute atomic E-state index is 0.00992. The van der Waals surface area contributed by atoms with Crippen LogP contribution >= 0.6 is 11.6 Å². The number of benzene rings is 1. The van der Waals surface area contributed by atoms with Crippen LogP contribution in [0.15, 0.2) is 24.3 Å². The number of halogens is 1. The molecule has 0 saturated heterocycles. The molecule has 1 aromatic rings. The summed E-state index contributed by atoms with van der Waals surface area (Å²) >= 11 is 5.77. The Morgan fingerprint density at radius 3 is 2.50 bits per heavy atom. The van der Waals surface area contributed by atoms with E-state index in [4.69, 9.17) is 17.3 Å². The van der Waals surface area contributed by atoms with E-state index in [0.29, 0.717) is 23.7 Å². The second-order valence-electron chi connectivity index (χ2n) is 5.68. The van der Waals surface area contributed by atoms with Crippen molar-refractivity contribution >= 4 is 23.4 Å². The third-order valence-corrected chi connectivity index (χ3v) is 4.15. The molecule has 1 fully saturated rings. The van der Waals surface area contributed by atoms with Crippen LogP contribution in [0, 0.1) is 5.92 Å². The Kier molecular flexibility index (Phi) is 6.21. The first-order valence-corrected chi connectivity index (χ1v) is 8.01. The van der Waals surface area contributed by atoms with E-state index in [9.17, 15) is 9.59 Å². The van der Waals surface area contributed by atoms with Crippen LogP contribution in [0.2, 0.25) is 5.02 Å². The first kappa shape index (κ1) is 16.8. The Hall–Kier alpha value is -1.59. The van der Waals surface area contributed by atoms with Crippen molar-refractivity contribution < 1.29 is 9.59 Å². The summed E-state index contributed by atoms with van der Waals surface area (Å²) in [6.07, 6.45) is 3.66. The van der Waals surface area contributed by atoms with Crippen molar-refractivity contribution in [1.29, 1.82) is 0 Å². The number of carbonyl (C=O) groups is 2. The number of hydrogen-bond donors (Lipinski definition) is 3. The molecule has 2 rings (SSSR count). The molecule has 0 aromatic heterocycles. The highest BCUT2D eigenvalue weighted by atomic mass is 35.5. The first-order chi connectivity index (χ1) is 10.6. The zero-order valence-corrected chi connectivity index (χ0v) is 13.2. The van der Waals surface area contributed by atoms with Crippen molar-refractivity contribution in [3.8, 4) is 0 Å². The molecule has 1 aromatic carbocycles. The zero-order chi connectivity index (χ0) is 15.9. The van der Waals surface area contributed by atoms with Crippen LogP contribution in [0.4, 0.5) is 0 Å². The van der Waals surface area contributed by atoms with E-state index in [0.717, 1.165) is 25.7 Å². The van der Waals surface area contributed by atoms with Gasteiger partial charge in [-0.25, -0.2) is 0 Å². The van der Waals surface area contributed by atoms with Crippen molar-refractivity contribution in [3.05, 3.63) is 34.9 Å². The van der Waals surface area contributed by atoms with Gasteiger partial charge in [-0.2, -0.15) is 0 Å². The third-order valence-electron chi connectivity index (χ3n) is 3.90. The van der Waals surface area contributed by atoms with E-state index < -0.39 is 0 Å². The second kappa shape index (κ2) is 8.15. The molecule has 4 N–H and O–H groups in total. The Balaban J connectivity index is 1.67.